The Hall–Kier alpha value is -1.69. The average Bonchev–Trinajstić information content (AvgIpc) is 2.94. The van der Waals surface area contributed by atoms with Crippen LogP contribution >= 0.6 is 0 Å². The molecule has 1 aliphatic rings. The van der Waals surface area contributed by atoms with E-state index in [4.69, 9.17) is 0 Å². The quantitative estimate of drug-likeness (QED) is 0.727. The molecule has 108 valence electrons. The minimum absolute atomic E-state index is 0.0953. The standard InChI is InChI=1S/C14H21N5O/c20-11-6-2-1-4-10(11)5-3-7-15-13-12-14(17-8-16-12)19-9-18-13/h8-11,20H,1-7H2,(H2,15,16,17,18,19). The average molecular weight is 275 g/mol. The number of H-pyrrole nitrogens is 1. The summed E-state index contributed by atoms with van der Waals surface area (Å²) in [6.45, 7) is 0.856. The third kappa shape index (κ3) is 2.90. The summed E-state index contributed by atoms with van der Waals surface area (Å²) in [5.41, 5.74) is 1.54. The van der Waals surface area contributed by atoms with Gasteiger partial charge in [0.1, 0.15) is 11.8 Å². The molecule has 0 spiro atoms. The van der Waals surface area contributed by atoms with Crippen molar-refractivity contribution >= 4 is 17.0 Å². The van der Waals surface area contributed by atoms with Crippen LogP contribution in [0.5, 0.6) is 0 Å². The lowest BCUT2D eigenvalue weighted by Crippen LogP contribution is -2.24. The number of fused-ring (bicyclic) bond motifs is 1. The highest BCUT2D eigenvalue weighted by Gasteiger charge is 2.22. The third-order valence-electron chi connectivity index (χ3n) is 4.14. The molecular weight excluding hydrogens is 254 g/mol. The van der Waals surface area contributed by atoms with Crippen LogP contribution in [0.15, 0.2) is 12.7 Å². The molecule has 2 aromatic rings. The minimum atomic E-state index is -0.0953. The van der Waals surface area contributed by atoms with Gasteiger partial charge in [0.25, 0.3) is 0 Å². The summed E-state index contributed by atoms with van der Waals surface area (Å²) in [5, 5.41) is 13.3. The Balaban J connectivity index is 1.49. The molecule has 0 aromatic carbocycles. The predicted octanol–water partition coefficient (Wildman–Crippen LogP) is 2.10. The second-order valence-electron chi connectivity index (χ2n) is 5.50. The minimum Gasteiger partial charge on any atom is -0.393 e. The highest BCUT2D eigenvalue weighted by Crippen LogP contribution is 2.27. The van der Waals surface area contributed by atoms with E-state index in [2.05, 4.69) is 25.3 Å². The Morgan fingerprint density at radius 3 is 3.05 bits per heavy atom. The van der Waals surface area contributed by atoms with E-state index in [1.54, 1.807) is 6.33 Å². The van der Waals surface area contributed by atoms with E-state index in [-0.39, 0.29) is 6.10 Å². The summed E-state index contributed by atoms with van der Waals surface area (Å²) in [5.74, 6) is 1.28. The van der Waals surface area contributed by atoms with Crippen LogP contribution in [-0.4, -0.2) is 37.7 Å². The van der Waals surface area contributed by atoms with Crippen LogP contribution in [-0.2, 0) is 0 Å². The van der Waals surface area contributed by atoms with Gasteiger partial charge in [-0.05, 0) is 31.6 Å². The molecule has 2 atom stereocenters. The number of aromatic nitrogens is 4. The Morgan fingerprint density at radius 1 is 1.25 bits per heavy atom. The van der Waals surface area contributed by atoms with Gasteiger partial charge < -0.3 is 15.4 Å². The van der Waals surface area contributed by atoms with Crippen molar-refractivity contribution in [3.05, 3.63) is 12.7 Å². The van der Waals surface area contributed by atoms with Crippen molar-refractivity contribution < 1.29 is 5.11 Å². The van der Waals surface area contributed by atoms with E-state index in [9.17, 15) is 5.11 Å². The summed E-state index contributed by atoms with van der Waals surface area (Å²) >= 11 is 0. The fourth-order valence-electron chi connectivity index (χ4n) is 2.99. The molecule has 6 heteroatoms. The number of imidazole rings is 1. The van der Waals surface area contributed by atoms with Gasteiger partial charge in [-0.15, -0.1) is 0 Å². The van der Waals surface area contributed by atoms with Crippen LogP contribution < -0.4 is 5.32 Å². The zero-order valence-corrected chi connectivity index (χ0v) is 11.5. The van der Waals surface area contributed by atoms with E-state index in [1.807, 2.05) is 0 Å². The fraction of sp³-hybridized carbons (Fsp3) is 0.643. The largest absolute Gasteiger partial charge is 0.393 e. The molecule has 0 aliphatic heterocycles. The number of aliphatic hydroxyl groups excluding tert-OH is 1. The summed E-state index contributed by atoms with van der Waals surface area (Å²) in [7, 11) is 0. The summed E-state index contributed by atoms with van der Waals surface area (Å²) < 4.78 is 0. The van der Waals surface area contributed by atoms with Gasteiger partial charge in [0, 0.05) is 6.54 Å². The van der Waals surface area contributed by atoms with Crippen LogP contribution in [0.25, 0.3) is 11.2 Å². The number of anilines is 1. The van der Waals surface area contributed by atoms with Crippen LogP contribution in [0.3, 0.4) is 0 Å². The first-order valence-corrected chi connectivity index (χ1v) is 7.40. The molecule has 1 aliphatic carbocycles. The number of rotatable bonds is 5. The SMILES string of the molecule is OC1CCCCC1CCCNc1ncnc2nc[nH]c12. The number of aliphatic hydroxyl groups is 1. The molecule has 0 saturated heterocycles. The van der Waals surface area contributed by atoms with Gasteiger partial charge in [-0.1, -0.05) is 12.8 Å². The van der Waals surface area contributed by atoms with Crippen LogP contribution in [0, 0.1) is 5.92 Å². The molecule has 20 heavy (non-hydrogen) atoms. The molecule has 1 saturated carbocycles. The molecule has 2 unspecified atom stereocenters. The molecule has 3 rings (SSSR count). The highest BCUT2D eigenvalue weighted by molar-refractivity contribution is 5.81. The maximum atomic E-state index is 9.94. The Morgan fingerprint density at radius 2 is 2.15 bits per heavy atom. The van der Waals surface area contributed by atoms with Gasteiger partial charge in [-0.2, -0.15) is 0 Å². The molecule has 0 radical (unpaired) electrons. The van der Waals surface area contributed by atoms with E-state index >= 15 is 0 Å². The van der Waals surface area contributed by atoms with E-state index < -0.39 is 0 Å². The van der Waals surface area contributed by atoms with Crippen LogP contribution in [0.4, 0.5) is 5.82 Å². The molecule has 3 N–H and O–H groups in total. The maximum Gasteiger partial charge on any atom is 0.182 e. The number of hydrogen-bond acceptors (Lipinski definition) is 5. The Kier molecular flexibility index (Phi) is 4.11. The smallest absolute Gasteiger partial charge is 0.182 e. The zero-order valence-electron chi connectivity index (χ0n) is 11.5. The van der Waals surface area contributed by atoms with Crippen molar-refractivity contribution in [1.82, 2.24) is 19.9 Å². The van der Waals surface area contributed by atoms with Crippen LogP contribution in [0.2, 0.25) is 0 Å². The number of nitrogens with one attached hydrogen (secondary N) is 2. The lowest BCUT2D eigenvalue weighted by atomic mass is 9.83. The van der Waals surface area contributed by atoms with Crippen molar-refractivity contribution in [1.29, 1.82) is 0 Å². The first kappa shape index (κ1) is 13.3. The van der Waals surface area contributed by atoms with Crippen molar-refractivity contribution in [2.75, 3.05) is 11.9 Å². The van der Waals surface area contributed by atoms with Crippen molar-refractivity contribution in [3.63, 3.8) is 0 Å². The molecular formula is C14H21N5O. The van der Waals surface area contributed by atoms with Crippen molar-refractivity contribution in [3.8, 4) is 0 Å². The van der Waals surface area contributed by atoms with Crippen molar-refractivity contribution in [2.45, 2.75) is 44.6 Å². The van der Waals surface area contributed by atoms with Gasteiger partial charge in [-0.25, -0.2) is 15.0 Å². The molecule has 0 bridgehead atoms. The van der Waals surface area contributed by atoms with E-state index in [0.29, 0.717) is 11.6 Å². The van der Waals surface area contributed by atoms with Crippen LogP contribution in [0.1, 0.15) is 38.5 Å². The highest BCUT2D eigenvalue weighted by atomic mass is 16.3. The second-order valence-corrected chi connectivity index (χ2v) is 5.50. The fourth-order valence-corrected chi connectivity index (χ4v) is 2.99. The summed E-state index contributed by atoms with van der Waals surface area (Å²) in [4.78, 5) is 15.5. The normalized spacial score (nSPS) is 23.1. The van der Waals surface area contributed by atoms with Gasteiger partial charge in [-0.3, -0.25) is 0 Å². The summed E-state index contributed by atoms with van der Waals surface area (Å²) in [6, 6.07) is 0. The van der Waals surface area contributed by atoms with Gasteiger partial charge >= 0.3 is 0 Å². The first-order valence-electron chi connectivity index (χ1n) is 7.40. The van der Waals surface area contributed by atoms with Gasteiger partial charge in [0.2, 0.25) is 0 Å². The summed E-state index contributed by atoms with van der Waals surface area (Å²) in [6.07, 6.45) is 9.75. The number of aromatic amines is 1. The molecule has 1 fully saturated rings. The maximum absolute atomic E-state index is 9.94. The lowest BCUT2D eigenvalue weighted by molar-refractivity contribution is 0.0648. The molecule has 0 amide bonds. The molecule has 2 aromatic heterocycles. The van der Waals surface area contributed by atoms with E-state index in [1.165, 1.54) is 25.6 Å². The first-order chi connectivity index (χ1) is 9.84. The lowest BCUT2D eigenvalue weighted by Gasteiger charge is -2.27. The van der Waals surface area contributed by atoms with Gasteiger partial charge in [0.05, 0.1) is 12.4 Å². The topological polar surface area (TPSA) is 86.7 Å². The molecule has 6 nitrogen and oxygen atoms in total. The second kappa shape index (κ2) is 6.17. The Bertz CT molecular complexity index is 555. The Labute approximate surface area is 118 Å². The predicted molar refractivity (Wildman–Crippen MR) is 77.4 cm³/mol. The van der Waals surface area contributed by atoms with Gasteiger partial charge in [0.15, 0.2) is 11.5 Å². The zero-order chi connectivity index (χ0) is 13.8. The number of nitrogens with zero attached hydrogens (tertiary/aromatic N) is 3. The number of hydrogen-bond donors (Lipinski definition) is 3. The van der Waals surface area contributed by atoms with E-state index in [0.717, 1.165) is 37.1 Å². The van der Waals surface area contributed by atoms with Crippen molar-refractivity contribution in [2.24, 2.45) is 5.92 Å². The monoisotopic (exact) mass is 275 g/mol. The molecule has 2 heterocycles. The third-order valence-corrected chi connectivity index (χ3v) is 4.14.